The van der Waals surface area contributed by atoms with Crippen molar-refractivity contribution in [3.8, 4) is 23.0 Å². The zero-order valence-corrected chi connectivity index (χ0v) is 25.9. The number of nitrogens with one attached hydrogen (secondary N) is 2. The molecular formula is C31H30IN3O8. The summed E-state index contributed by atoms with van der Waals surface area (Å²) in [5.74, 6) is -0.567. The number of imide groups is 2. The van der Waals surface area contributed by atoms with Gasteiger partial charge in [-0.1, -0.05) is 25.1 Å². The highest BCUT2D eigenvalue weighted by Crippen LogP contribution is 2.36. The summed E-state index contributed by atoms with van der Waals surface area (Å²) >= 11 is 2.02. The van der Waals surface area contributed by atoms with Gasteiger partial charge in [-0.2, -0.15) is 0 Å². The highest BCUT2D eigenvalue weighted by Gasteiger charge is 2.37. The zero-order valence-electron chi connectivity index (χ0n) is 23.8. The van der Waals surface area contributed by atoms with E-state index in [1.165, 1.54) is 25.3 Å². The molecule has 3 aromatic carbocycles. The van der Waals surface area contributed by atoms with E-state index < -0.39 is 17.8 Å². The number of hydrogen-bond acceptors (Lipinski definition) is 8. The summed E-state index contributed by atoms with van der Waals surface area (Å²) in [6.45, 7) is 4.25. The smallest absolute Gasteiger partial charge is 0.335 e. The summed E-state index contributed by atoms with van der Waals surface area (Å²) in [4.78, 5) is 52.3. The third kappa shape index (κ3) is 7.63. The Hall–Kier alpha value is -4.59. The van der Waals surface area contributed by atoms with E-state index in [0.717, 1.165) is 11.3 Å². The molecule has 3 aromatic rings. The van der Waals surface area contributed by atoms with E-state index >= 15 is 0 Å². The highest BCUT2D eigenvalue weighted by molar-refractivity contribution is 14.1. The van der Waals surface area contributed by atoms with E-state index in [1.54, 1.807) is 37.3 Å². The number of amides is 5. The summed E-state index contributed by atoms with van der Waals surface area (Å²) in [5, 5.41) is 4.97. The molecule has 5 amide bonds. The van der Waals surface area contributed by atoms with Crippen LogP contribution in [0, 0.1) is 3.57 Å². The first-order valence-electron chi connectivity index (χ1n) is 13.4. The average molecular weight is 699 g/mol. The van der Waals surface area contributed by atoms with Gasteiger partial charge in [-0.25, -0.2) is 9.69 Å². The van der Waals surface area contributed by atoms with Gasteiger partial charge in [0.1, 0.15) is 5.57 Å². The van der Waals surface area contributed by atoms with E-state index in [4.69, 9.17) is 18.9 Å². The number of carbonyl (C=O) groups excluding carboxylic acids is 4. The monoisotopic (exact) mass is 699 g/mol. The van der Waals surface area contributed by atoms with Gasteiger partial charge in [-0.05, 0) is 84.0 Å². The zero-order chi connectivity index (χ0) is 30.9. The summed E-state index contributed by atoms with van der Waals surface area (Å²) in [7, 11) is 1.45. The molecule has 0 unspecified atom stereocenters. The van der Waals surface area contributed by atoms with Crippen molar-refractivity contribution in [1.82, 2.24) is 5.32 Å². The standard InChI is InChI=1S/C31H30IN3O8/c1-4-13-42-24-12-11-21(17-25(24)40-3)35-30(38)22(29(37)34-31(35)39)14-19-15-23(32)28(26(16-19)41-5-2)43-18-27(36)33-20-9-7-6-8-10-20/h6-12,14-17H,4-5,13,18H2,1-3H3,(H,33,36)(H,34,37,39)/b22-14-. The number of para-hydroxylation sites is 1. The number of benzene rings is 3. The van der Waals surface area contributed by atoms with E-state index in [1.807, 2.05) is 47.7 Å². The number of anilines is 2. The van der Waals surface area contributed by atoms with Crippen LogP contribution >= 0.6 is 22.6 Å². The SMILES string of the molecule is CCCOc1ccc(N2C(=O)NC(=O)/C(=C/c3cc(I)c(OCC(=O)Nc4ccccc4)c(OCC)c3)C2=O)cc1OC. The Kier molecular flexibility index (Phi) is 10.6. The van der Waals surface area contributed by atoms with Crippen LogP contribution in [-0.4, -0.2) is 50.7 Å². The first kappa shape index (κ1) is 31.3. The van der Waals surface area contributed by atoms with Gasteiger partial charge in [0.25, 0.3) is 17.7 Å². The van der Waals surface area contributed by atoms with Gasteiger partial charge in [0.05, 0.1) is 29.6 Å². The molecule has 224 valence electrons. The average Bonchev–Trinajstić information content (AvgIpc) is 2.98. The number of rotatable bonds is 12. The Morgan fingerprint density at radius 2 is 1.72 bits per heavy atom. The first-order chi connectivity index (χ1) is 20.7. The molecule has 2 N–H and O–H groups in total. The van der Waals surface area contributed by atoms with Crippen molar-refractivity contribution in [2.24, 2.45) is 0 Å². The summed E-state index contributed by atoms with van der Waals surface area (Å²) in [6.07, 6.45) is 2.15. The molecule has 1 fully saturated rings. The minimum Gasteiger partial charge on any atom is -0.493 e. The number of hydrogen-bond donors (Lipinski definition) is 2. The van der Waals surface area contributed by atoms with Crippen LogP contribution in [0.1, 0.15) is 25.8 Å². The number of halogens is 1. The van der Waals surface area contributed by atoms with E-state index in [0.29, 0.717) is 51.0 Å². The molecule has 0 aromatic heterocycles. The Morgan fingerprint density at radius 3 is 2.42 bits per heavy atom. The molecule has 4 rings (SSSR count). The normalized spacial score (nSPS) is 13.9. The number of barbiturate groups is 1. The molecule has 43 heavy (non-hydrogen) atoms. The van der Waals surface area contributed by atoms with Crippen molar-refractivity contribution >= 4 is 63.8 Å². The molecule has 1 aliphatic heterocycles. The van der Waals surface area contributed by atoms with Crippen LogP contribution in [-0.2, 0) is 14.4 Å². The summed E-state index contributed by atoms with van der Waals surface area (Å²) in [6, 6.07) is 16.0. The molecule has 0 bridgehead atoms. The van der Waals surface area contributed by atoms with E-state index in [2.05, 4.69) is 10.6 Å². The van der Waals surface area contributed by atoms with Crippen LogP contribution in [0.5, 0.6) is 23.0 Å². The van der Waals surface area contributed by atoms with Crippen molar-refractivity contribution in [1.29, 1.82) is 0 Å². The number of nitrogens with zero attached hydrogens (tertiary/aromatic N) is 1. The minimum absolute atomic E-state index is 0.198. The van der Waals surface area contributed by atoms with Gasteiger partial charge in [-0.15, -0.1) is 0 Å². The summed E-state index contributed by atoms with van der Waals surface area (Å²) in [5.41, 5.74) is 1.02. The molecular weight excluding hydrogens is 669 g/mol. The van der Waals surface area contributed by atoms with Crippen molar-refractivity contribution in [3.63, 3.8) is 0 Å². The fraction of sp³-hybridized carbons (Fsp3) is 0.226. The maximum atomic E-state index is 13.5. The number of ether oxygens (including phenoxy) is 4. The Bertz CT molecular complexity index is 1560. The predicted molar refractivity (Wildman–Crippen MR) is 169 cm³/mol. The van der Waals surface area contributed by atoms with Crippen molar-refractivity contribution in [3.05, 3.63) is 75.4 Å². The molecule has 0 radical (unpaired) electrons. The fourth-order valence-electron chi connectivity index (χ4n) is 4.12. The second-order valence-corrected chi connectivity index (χ2v) is 10.3. The fourth-order valence-corrected chi connectivity index (χ4v) is 4.90. The topological polar surface area (TPSA) is 132 Å². The summed E-state index contributed by atoms with van der Waals surface area (Å²) < 4.78 is 23.2. The first-order valence-corrected chi connectivity index (χ1v) is 14.5. The second kappa shape index (κ2) is 14.5. The predicted octanol–water partition coefficient (Wildman–Crippen LogP) is 5.17. The third-order valence-electron chi connectivity index (χ3n) is 6.02. The molecule has 0 aliphatic carbocycles. The Labute approximate surface area is 262 Å². The largest absolute Gasteiger partial charge is 0.493 e. The van der Waals surface area contributed by atoms with Gasteiger partial charge >= 0.3 is 6.03 Å². The molecule has 1 heterocycles. The van der Waals surface area contributed by atoms with Gasteiger partial charge < -0.3 is 24.3 Å². The van der Waals surface area contributed by atoms with Crippen molar-refractivity contribution in [2.45, 2.75) is 20.3 Å². The lowest BCUT2D eigenvalue weighted by molar-refractivity contribution is -0.122. The number of urea groups is 1. The van der Waals surface area contributed by atoms with Crippen molar-refractivity contribution in [2.75, 3.05) is 37.1 Å². The van der Waals surface area contributed by atoms with Gasteiger partial charge in [0, 0.05) is 11.8 Å². The van der Waals surface area contributed by atoms with Gasteiger partial charge in [-0.3, -0.25) is 19.7 Å². The Morgan fingerprint density at radius 1 is 0.953 bits per heavy atom. The van der Waals surface area contributed by atoms with Crippen LogP contribution in [0.3, 0.4) is 0 Å². The quantitative estimate of drug-likeness (QED) is 0.150. The highest BCUT2D eigenvalue weighted by atomic mass is 127. The van der Waals surface area contributed by atoms with Crippen LogP contribution in [0.2, 0.25) is 0 Å². The van der Waals surface area contributed by atoms with E-state index in [-0.39, 0.29) is 23.8 Å². The van der Waals surface area contributed by atoms with Crippen LogP contribution in [0.25, 0.3) is 6.08 Å². The van der Waals surface area contributed by atoms with Crippen LogP contribution < -0.4 is 34.5 Å². The maximum absolute atomic E-state index is 13.5. The third-order valence-corrected chi connectivity index (χ3v) is 6.82. The molecule has 1 aliphatic rings. The number of methoxy groups -OCH3 is 1. The molecule has 11 nitrogen and oxygen atoms in total. The molecule has 0 atom stereocenters. The second-order valence-electron chi connectivity index (χ2n) is 9.11. The number of carbonyl (C=O) groups is 4. The van der Waals surface area contributed by atoms with E-state index in [9.17, 15) is 19.2 Å². The molecule has 0 saturated carbocycles. The maximum Gasteiger partial charge on any atom is 0.335 e. The lowest BCUT2D eigenvalue weighted by Crippen LogP contribution is -2.54. The Balaban J connectivity index is 1.59. The van der Waals surface area contributed by atoms with Gasteiger partial charge in [0.15, 0.2) is 29.6 Å². The van der Waals surface area contributed by atoms with Crippen molar-refractivity contribution < 1.29 is 38.1 Å². The van der Waals surface area contributed by atoms with Gasteiger partial charge in [0.2, 0.25) is 0 Å². The minimum atomic E-state index is -0.890. The molecule has 1 saturated heterocycles. The molecule has 0 spiro atoms. The van der Waals surface area contributed by atoms with Crippen LogP contribution in [0.15, 0.2) is 66.2 Å². The van der Waals surface area contributed by atoms with Crippen LogP contribution in [0.4, 0.5) is 16.2 Å². The lowest BCUT2D eigenvalue weighted by atomic mass is 10.1. The molecule has 12 heteroatoms. The lowest BCUT2D eigenvalue weighted by Gasteiger charge is -2.27.